The minimum atomic E-state index is -1.04. The van der Waals surface area contributed by atoms with Gasteiger partial charge in [0.25, 0.3) is 0 Å². The fourth-order valence-electron chi connectivity index (χ4n) is 3.12. The van der Waals surface area contributed by atoms with E-state index in [0.717, 1.165) is 11.9 Å². The highest BCUT2D eigenvalue weighted by atomic mass is 35.5. The van der Waals surface area contributed by atoms with Crippen molar-refractivity contribution < 1.29 is 24.2 Å². The molecule has 0 bridgehead atoms. The zero-order valence-corrected chi connectivity index (χ0v) is 18.9. The highest BCUT2D eigenvalue weighted by Crippen LogP contribution is 2.39. The van der Waals surface area contributed by atoms with Gasteiger partial charge in [-0.05, 0) is 36.6 Å². The van der Waals surface area contributed by atoms with Gasteiger partial charge in [-0.25, -0.2) is 4.79 Å². The number of esters is 1. The zero-order chi connectivity index (χ0) is 22.1. The van der Waals surface area contributed by atoms with Crippen LogP contribution in [0.15, 0.2) is 35.9 Å². The highest BCUT2D eigenvalue weighted by molar-refractivity contribution is 8.77. The van der Waals surface area contributed by atoms with Crippen molar-refractivity contribution in [3.8, 4) is 0 Å². The predicted molar refractivity (Wildman–Crippen MR) is 121 cm³/mol. The van der Waals surface area contributed by atoms with Gasteiger partial charge in [-0.1, -0.05) is 51.4 Å². The summed E-state index contributed by atoms with van der Waals surface area (Å²) in [6, 6.07) is 5.55. The summed E-state index contributed by atoms with van der Waals surface area (Å²) in [5.41, 5.74) is 7.07. The summed E-state index contributed by atoms with van der Waals surface area (Å²) in [5.74, 6) is -1.16. The molecule has 164 valence electrons. The van der Waals surface area contributed by atoms with Gasteiger partial charge in [0, 0.05) is 29.1 Å². The molecule has 0 aromatic heterocycles. The molecule has 0 aliphatic carbocycles. The summed E-state index contributed by atoms with van der Waals surface area (Å²) in [6.45, 7) is 3.00. The van der Waals surface area contributed by atoms with Crippen LogP contribution in [-0.4, -0.2) is 65.0 Å². The van der Waals surface area contributed by atoms with Gasteiger partial charge in [0.15, 0.2) is 0 Å². The van der Waals surface area contributed by atoms with Crippen LogP contribution in [0.3, 0.4) is 0 Å². The van der Waals surface area contributed by atoms with Gasteiger partial charge in [-0.15, -0.1) is 0 Å². The Morgan fingerprint density at radius 2 is 2.17 bits per heavy atom. The molecule has 30 heavy (non-hydrogen) atoms. The number of carbonyl (C=O) groups is 3. The number of rotatable bonds is 10. The summed E-state index contributed by atoms with van der Waals surface area (Å²) in [4.78, 5) is 36.8. The highest BCUT2D eigenvalue weighted by Gasteiger charge is 2.35. The van der Waals surface area contributed by atoms with Gasteiger partial charge in [0.05, 0.1) is 6.61 Å². The Morgan fingerprint density at radius 3 is 2.80 bits per heavy atom. The van der Waals surface area contributed by atoms with Crippen LogP contribution in [0.2, 0.25) is 5.02 Å². The number of carboxylic acids is 1. The number of aliphatic carboxylic acids is 1. The molecule has 1 saturated heterocycles. The summed E-state index contributed by atoms with van der Waals surface area (Å²) in [6.07, 6.45) is 2.92. The van der Waals surface area contributed by atoms with E-state index in [1.165, 1.54) is 27.7 Å². The van der Waals surface area contributed by atoms with E-state index in [9.17, 15) is 14.4 Å². The molecule has 2 rings (SSSR count). The number of carbonyl (C=O) groups excluding carboxylic acids is 2. The first-order valence-corrected chi connectivity index (χ1v) is 12.2. The van der Waals surface area contributed by atoms with Crippen molar-refractivity contribution in [2.75, 3.05) is 25.4 Å². The Kier molecular flexibility index (Phi) is 10.2. The van der Waals surface area contributed by atoms with E-state index in [4.69, 9.17) is 27.2 Å². The van der Waals surface area contributed by atoms with Crippen molar-refractivity contribution in [3.63, 3.8) is 0 Å². The molecule has 1 aliphatic rings. The average Bonchev–Trinajstić information content (AvgIpc) is 2.71. The van der Waals surface area contributed by atoms with Gasteiger partial charge >= 0.3 is 11.9 Å². The van der Waals surface area contributed by atoms with Gasteiger partial charge in [0.2, 0.25) is 0 Å². The first-order chi connectivity index (χ1) is 14.4. The number of halogens is 1. The van der Waals surface area contributed by atoms with E-state index in [2.05, 4.69) is 0 Å². The van der Waals surface area contributed by atoms with E-state index >= 15 is 0 Å². The molecule has 10 heteroatoms. The molecular formula is C20H25ClN2O5S2. The molecule has 0 saturated carbocycles. The van der Waals surface area contributed by atoms with Crippen molar-refractivity contribution in [3.05, 3.63) is 46.5 Å². The molecule has 1 fully saturated rings. The van der Waals surface area contributed by atoms with Crippen LogP contribution in [0.5, 0.6) is 0 Å². The third-order valence-corrected chi connectivity index (χ3v) is 7.84. The summed E-state index contributed by atoms with van der Waals surface area (Å²) in [7, 11) is 2.87. The van der Waals surface area contributed by atoms with E-state index in [1.54, 1.807) is 25.1 Å². The van der Waals surface area contributed by atoms with Crippen LogP contribution in [-0.2, 0) is 19.1 Å². The van der Waals surface area contributed by atoms with Crippen LogP contribution < -0.4 is 5.73 Å². The fraction of sp³-hybridized carbons (Fsp3) is 0.450. The Bertz CT molecular complexity index is 792. The number of aldehydes is 1. The quantitative estimate of drug-likeness (QED) is 0.230. The lowest BCUT2D eigenvalue weighted by Crippen LogP contribution is -2.43. The Morgan fingerprint density at radius 1 is 1.43 bits per heavy atom. The lowest BCUT2D eigenvalue weighted by molar-refractivity contribution is -0.150. The van der Waals surface area contributed by atoms with Crippen molar-refractivity contribution in [2.45, 2.75) is 30.7 Å². The Labute approximate surface area is 188 Å². The maximum atomic E-state index is 12.8. The largest absolute Gasteiger partial charge is 0.480 e. The number of hydrogen-bond donors (Lipinski definition) is 2. The van der Waals surface area contributed by atoms with Crippen LogP contribution in [0.25, 0.3) is 0 Å². The number of nitrogens with zero attached hydrogens (tertiary/aromatic N) is 1. The minimum Gasteiger partial charge on any atom is -0.480 e. The van der Waals surface area contributed by atoms with Crippen molar-refractivity contribution >= 4 is 51.4 Å². The van der Waals surface area contributed by atoms with Crippen molar-refractivity contribution in [1.29, 1.82) is 0 Å². The molecule has 2 unspecified atom stereocenters. The Hall–Kier alpha value is -1.52. The minimum absolute atomic E-state index is 0.0199. The van der Waals surface area contributed by atoms with Crippen LogP contribution in [0.1, 0.15) is 24.9 Å². The van der Waals surface area contributed by atoms with E-state index in [-0.39, 0.29) is 23.6 Å². The monoisotopic (exact) mass is 472 g/mol. The molecular weight excluding hydrogens is 448 g/mol. The molecule has 1 heterocycles. The molecule has 0 amide bonds. The molecule has 1 aromatic carbocycles. The number of allylic oxidation sites excluding steroid dienone is 1. The van der Waals surface area contributed by atoms with Gasteiger partial charge in [0.1, 0.15) is 18.4 Å². The topological polar surface area (TPSA) is 110 Å². The number of ether oxygens (including phenoxy) is 1. The average molecular weight is 473 g/mol. The van der Waals surface area contributed by atoms with Crippen molar-refractivity contribution in [1.82, 2.24) is 4.90 Å². The van der Waals surface area contributed by atoms with Gasteiger partial charge in [-0.3, -0.25) is 14.5 Å². The number of nitrogens with two attached hydrogens (primary N) is 1. The van der Waals surface area contributed by atoms with Gasteiger partial charge < -0.3 is 15.6 Å². The third-order valence-electron chi connectivity index (χ3n) is 4.58. The summed E-state index contributed by atoms with van der Waals surface area (Å²) >= 11 is 6.36. The number of piperidine rings is 1. The SMILES string of the molecule is CCOC(=O)C(c1ccccc1Cl)N1CCC(SSC[C@H](N)C(=O)O)/C(=C\C=O)C1. The number of likely N-dealkylation sites (tertiary alicyclic amines) is 1. The first-order valence-electron chi connectivity index (χ1n) is 9.45. The third kappa shape index (κ3) is 6.75. The summed E-state index contributed by atoms with van der Waals surface area (Å²) < 4.78 is 5.30. The van der Waals surface area contributed by atoms with E-state index in [1.807, 2.05) is 11.0 Å². The van der Waals surface area contributed by atoms with Crippen LogP contribution in [0.4, 0.5) is 0 Å². The molecule has 3 N–H and O–H groups in total. The molecule has 3 atom stereocenters. The molecule has 7 nitrogen and oxygen atoms in total. The van der Waals surface area contributed by atoms with Crippen LogP contribution >= 0.6 is 33.2 Å². The zero-order valence-electron chi connectivity index (χ0n) is 16.5. The van der Waals surface area contributed by atoms with Crippen molar-refractivity contribution in [2.24, 2.45) is 5.73 Å². The molecule has 1 aromatic rings. The standard InChI is InChI=1S/C20H25ClN2O5S2/c1-2-28-20(27)18(14-5-3-4-6-15(14)21)23-9-7-17(13(11-23)8-10-24)30-29-12-16(22)19(25)26/h3-6,8,10,16-18H,2,7,9,11-12,22H2,1H3,(H,25,26)/b13-8-/t16-,17?,18?/m0/s1. The van der Waals surface area contributed by atoms with Gasteiger partial charge in [-0.2, -0.15) is 0 Å². The number of carboxylic acid groups (broad SMARTS) is 1. The first kappa shape index (κ1) is 24.7. The lowest BCUT2D eigenvalue weighted by atomic mass is 9.98. The maximum absolute atomic E-state index is 12.8. The maximum Gasteiger partial charge on any atom is 0.328 e. The second-order valence-electron chi connectivity index (χ2n) is 6.63. The Balaban J connectivity index is 2.16. The second kappa shape index (κ2) is 12.4. The molecule has 0 radical (unpaired) electrons. The predicted octanol–water partition coefficient (Wildman–Crippen LogP) is 2.94. The molecule has 0 spiro atoms. The van der Waals surface area contributed by atoms with E-state index < -0.39 is 18.1 Å². The van der Waals surface area contributed by atoms with E-state index in [0.29, 0.717) is 30.1 Å². The lowest BCUT2D eigenvalue weighted by Gasteiger charge is -2.38. The number of benzene rings is 1. The second-order valence-corrected chi connectivity index (χ2v) is 9.65. The normalized spacial score (nSPS) is 20.5. The summed E-state index contributed by atoms with van der Waals surface area (Å²) in [5, 5.41) is 9.41. The number of hydrogen-bond acceptors (Lipinski definition) is 8. The fourth-order valence-corrected chi connectivity index (χ4v) is 6.20. The molecule has 1 aliphatic heterocycles. The van der Waals surface area contributed by atoms with Crippen LogP contribution in [0, 0.1) is 0 Å². The smallest absolute Gasteiger partial charge is 0.328 e.